The summed E-state index contributed by atoms with van der Waals surface area (Å²) in [7, 11) is 0. The fourth-order valence-corrected chi connectivity index (χ4v) is 9.08. The average Bonchev–Trinajstić information content (AvgIpc) is 3.60. The molecule has 42 heavy (non-hydrogen) atoms. The molecule has 1 amide bonds. The van der Waals surface area contributed by atoms with Crippen LogP contribution >= 0.6 is 11.6 Å². The second kappa shape index (κ2) is 9.98. The first-order valence-electron chi connectivity index (χ1n) is 15.2. The Bertz CT molecular complexity index is 1520. The van der Waals surface area contributed by atoms with Gasteiger partial charge in [0.2, 0.25) is 0 Å². The first kappa shape index (κ1) is 27.7. The molecule has 7 nitrogen and oxygen atoms in total. The smallest absolute Gasteiger partial charge is 0.256 e. The van der Waals surface area contributed by atoms with E-state index in [1.54, 1.807) is 18.2 Å². The molecular weight excluding hydrogens is 546 g/mol. The maximum atomic E-state index is 13.6. The molecule has 2 aliphatic carbocycles. The summed E-state index contributed by atoms with van der Waals surface area (Å²) in [6, 6.07) is 11.7. The molecule has 2 atom stereocenters. The lowest BCUT2D eigenvalue weighted by atomic mass is 9.49. The minimum atomic E-state index is -0.310. The lowest BCUT2D eigenvalue weighted by molar-refractivity contribution is -0.199. The van der Waals surface area contributed by atoms with Gasteiger partial charge in [0.25, 0.3) is 5.91 Å². The predicted octanol–water partition coefficient (Wildman–Crippen LogP) is 4.73. The van der Waals surface area contributed by atoms with E-state index in [4.69, 9.17) is 21.3 Å². The zero-order chi connectivity index (χ0) is 29.4. The Labute approximate surface area is 253 Å². The van der Waals surface area contributed by atoms with E-state index in [-0.39, 0.29) is 28.9 Å². The largest absolute Gasteiger partial charge is 0.489 e. The van der Waals surface area contributed by atoms with Gasteiger partial charge in [-0.3, -0.25) is 9.69 Å². The highest BCUT2D eigenvalue weighted by Crippen LogP contribution is 2.59. The van der Waals surface area contributed by atoms with E-state index in [9.17, 15) is 10.1 Å². The van der Waals surface area contributed by atoms with Crippen molar-refractivity contribution < 1.29 is 9.53 Å². The van der Waals surface area contributed by atoms with Crippen LogP contribution in [0.2, 0.25) is 5.02 Å². The van der Waals surface area contributed by atoms with E-state index >= 15 is 0 Å². The summed E-state index contributed by atoms with van der Waals surface area (Å²) in [5.41, 5.74) is 2.04. The van der Waals surface area contributed by atoms with Crippen LogP contribution in [-0.4, -0.2) is 65.1 Å². The molecule has 2 saturated heterocycles. The standard InChI is InChI=1S/C34H38ClN5O2/c1-33(2)31(34(3,4)32(33)42-26-9-6-21(14-36)28(35)13-26)40-19-29-27(30(40)41)10-8-24(38-29)7-5-20-11-25(12-20)39-17-22-15-37-16-23(22)18-39/h6,8-10,13,20,22-23,25,31-32,37H,11-12,15-19H2,1-4H3. The van der Waals surface area contributed by atoms with Crippen molar-refractivity contribution in [3.8, 4) is 23.7 Å². The number of amides is 1. The van der Waals surface area contributed by atoms with Crippen molar-refractivity contribution in [2.45, 2.75) is 65.3 Å². The van der Waals surface area contributed by atoms with E-state index in [0.29, 0.717) is 40.4 Å². The third kappa shape index (κ3) is 4.41. The summed E-state index contributed by atoms with van der Waals surface area (Å²) in [6.45, 7) is 13.9. The molecular formula is C34H38ClN5O2. The topological polar surface area (TPSA) is 81.5 Å². The molecule has 2 aromatic rings. The fourth-order valence-electron chi connectivity index (χ4n) is 8.86. The number of pyridine rings is 1. The van der Waals surface area contributed by atoms with Crippen LogP contribution in [-0.2, 0) is 6.54 Å². The minimum Gasteiger partial charge on any atom is -0.489 e. The molecule has 2 saturated carbocycles. The van der Waals surface area contributed by atoms with Crippen LogP contribution < -0.4 is 10.1 Å². The first-order chi connectivity index (χ1) is 20.1. The highest BCUT2D eigenvalue weighted by molar-refractivity contribution is 6.31. The molecule has 4 fully saturated rings. The van der Waals surface area contributed by atoms with Gasteiger partial charge in [0, 0.05) is 48.0 Å². The predicted molar refractivity (Wildman–Crippen MR) is 161 cm³/mol. The second-order valence-electron chi connectivity index (χ2n) is 14.1. The number of nitrogens with zero attached hydrogens (tertiary/aromatic N) is 4. The Kier molecular flexibility index (Phi) is 6.59. The molecule has 8 heteroatoms. The van der Waals surface area contributed by atoms with E-state index < -0.39 is 0 Å². The van der Waals surface area contributed by atoms with Crippen LogP contribution in [0.3, 0.4) is 0 Å². The maximum absolute atomic E-state index is 13.6. The molecule has 0 radical (unpaired) electrons. The van der Waals surface area contributed by atoms with Crippen molar-refractivity contribution >= 4 is 17.5 Å². The van der Waals surface area contributed by atoms with E-state index in [2.05, 4.69) is 55.8 Å². The van der Waals surface area contributed by atoms with Crippen molar-refractivity contribution in [2.24, 2.45) is 28.6 Å². The van der Waals surface area contributed by atoms with Crippen molar-refractivity contribution in [1.29, 1.82) is 5.26 Å². The summed E-state index contributed by atoms with van der Waals surface area (Å²) >= 11 is 6.26. The number of halogens is 1. The summed E-state index contributed by atoms with van der Waals surface area (Å²) in [6.07, 6.45) is 2.16. The van der Waals surface area contributed by atoms with Gasteiger partial charge in [-0.2, -0.15) is 5.26 Å². The molecule has 1 aromatic heterocycles. The summed E-state index contributed by atoms with van der Waals surface area (Å²) in [4.78, 5) is 23.1. The van der Waals surface area contributed by atoms with Gasteiger partial charge >= 0.3 is 0 Å². The molecule has 0 spiro atoms. The molecule has 4 heterocycles. The summed E-state index contributed by atoms with van der Waals surface area (Å²) in [5.74, 6) is 9.55. The molecule has 5 aliphatic rings. The number of aromatic nitrogens is 1. The van der Waals surface area contributed by atoms with Crippen molar-refractivity contribution in [3.05, 3.63) is 57.9 Å². The van der Waals surface area contributed by atoms with Gasteiger partial charge in [-0.15, -0.1) is 0 Å². The average molecular weight is 584 g/mol. The number of hydrogen-bond donors (Lipinski definition) is 1. The molecule has 0 bridgehead atoms. The SMILES string of the molecule is CC1(C)C(Oc2ccc(C#N)c(Cl)c2)C(C)(C)C1N1Cc2nc(C#CC3CC(N4CC5CNCC5C4)C3)ccc2C1=O. The third-order valence-electron chi connectivity index (χ3n) is 10.6. The highest BCUT2D eigenvalue weighted by atomic mass is 35.5. The summed E-state index contributed by atoms with van der Waals surface area (Å²) in [5, 5.41) is 13.1. The lowest BCUT2D eigenvalue weighted by Gasteiger charge is -2.65. The molecule has 3 aliphatic heterocycles. The number of carbonyl (C=O) groups excluding carboxylic acids is 1. The van der Waals surface area contributed by atoms with Crippen LogP contribution in [0.4, 0.5) is 0 Å². The van der Waals surface area contributed by atoms with Gasteiger partial charge in [0.05, 0.1) is 28.4 Å². The molecule has 218 valence electrons. The number of rotatable bonds is 4. The van der Waals surface area contributed by atoms with Crippen LogP contribution in [0.5, 0.6) is 5.75 Å². The zero-order valence-corrected chi connectivity index (χ0v) is 25.5. The van der Waals surface area contributed by atoms with E-state index in [0.717, 1.165) is 36.1 Å². The molecule has 1 N–H and O–H groups in total. The van der Waals surface area contributed by atoms with E-state index in [1.165, 1.54) is 26.2 Å². The Morgan fingerprint density at radius 1 is 1.07 bits per heavy atom. The van der Waals surface area contributed by atoms with Gasteiger partial charge in [-0.05, 0) is 68.0 Å². The van der Waals surface area contributed by atoms with Gasteiger partial charge in [0.1, 0.15) is 23.6 Å². The number of carbonyl (C=O) groups is 1. The maximum Gasteiger partial charge on any atom is 0.256 e. The number of nitrogens with one attached hydrogen (secondary N) is 1. The van der Waals surface area contributed by atoms with Gasteiger partial charge in [-0.1, -0.05) is 45.2 Å². The van der Waals surface area contributed by atoms with Crippen LogP contribution in [0.25, 0.3) is 0 Å². The third-order valence-corrected chi connectivity index (χ3v) is 10.9. The number of hydrogen-bond acceptors (Lipinski definition) is 6. The van der Waals surface area contributed by atoms with Crippen LogP contribution in [0, 0.1) is 51.8 Å². The molecule has 7 rings (SSSR count). The number of fused-ring (bicyclic) bond motifs is 2. The van der Waals surface area contributed by atoms with E-state index in [1.807, 2.05) is 17.0 Å². The number of nitriles is 1. The summed E-state index contributed by atoms with van der Waals surface area (Å²) < 4.78 is 6.44. The quantitative estimate of drug-likeness (QED) is 0.524. The molecule has 1 aromatic carbocycles. The van der Waals surface area contributed by atoms with Crippen molar-refractivity contribution in [3.63, 3.8) is 0 Å². The minimum absolute atomic E-state index is 0.0236. The lowest BCUT2D eigenvalue weighted by Crippen LogP contribution is -2.74. The fraction of sp³-hybridized carbons (Fsp3) is 0.559. The number of ether oxygens (including phenoxy) is 1. The zero-order valence-electron chi connectivity index (χ0n) is 24.8. The van der Waals surface area contributed by atoms with Gasteiger partial charge < -0.3 is 15.0 Å². The molecule has 2 unspecified atom stereocenters. The number of benzene rings is 1. The Hall–Kier alpha value is -3.10. The first-order valence-corrected chi connectivity index (χ1v) is 15.6. The second-order valence-corrected chi connectivity index (χ2v) is 14.6. The Morgan fingerprint density at radius 3 is 2.45 bits per heavy atom. The van der Waals surface area contributed by atoms with Crippen LogP contribution in [0.1, 0.15) is 67.8 Å². The van der Waals surface area contributed by atoms with Crippen LogP contribution in [0.15, 0.2) is 30.3 Å². The monoisotopic (exact) mass is 583 g/mol. The van der Waals surface area contributed by atoms with Gasteiger partial charge in [0.15, 0.2) is 0 Å². The van der Waals surface area contributed by atoms with Crippen molar-refractivity contribution in [2.75, 3.05) is 26.2 Å². The Morgan fingerprint density at radius 2 is 1.79 bits per heavy atom. The normalized spacial score (nSPS) is 32.2. The Balaban J connectivity index is 1.00. The highest BCUT2D eigenvalue weighted by Gasteiger charge is 2.67. The number of likely N-dealkylation sites (tertiary alicyclic amines) is 1. The van der Waals surface area contributed by atoms with Gasteiger partial charge in [-0.25, -0.2) is 4.98 Å². The van der Waals surface area contributed by atoms with Crippen molar-refractivity contribution in [1.82, 2.24) is 20.1 Å².